The SMILES string of the molecule is COc1ccc(/C=N/OCC(=O)Nc2c(C)cc(C)cc2Cl)cc1OC. The number of hydrogen-bond donors (Lipinski definition) is 1. The predicted molar refractivity (Wildman–Crippen MR) is 103 cm³/mol. The molecule has 0 saturated heterocycles. The van der Waals surface area contributed by atoms with Crippen LogP contribution in [0.4, 0.5) is 5.69 Å². The average Bonchev–Trinajstić information content (AvgIpc) is 2.61. The third-order valence-electron chi connectivity index (χ3n) is 3.58. The van der Waals surface area contributed by atoms with Crippen molar-refractivity contribution in [1.29, 1.82) is 0 Å². The first-order valence-corrected chi connectivity index (χ1v) is 8.26. The zero-order valence-corrected chi connectivity index (χ0v) is 15.9. The lowest BCUT2D eigenvalue weighted by Crippen LogP contribution is -2.18. The predicted octanol–water partition coefficient (Wildman–Crippen LogP) is 3.96. The van der Waals surface area contributed by atoms with E-state index >= 15 is 0 Å². The van der Waals surface area contributed by atoms with Gasteiger partial charge in [-0.2, -0.15) is 0 Å². The molecule has 2 aromatic rings. The minimum absolute atomic E-state index is 0.229. The molecule has 26 heavy (non-hydrogen) atoms. The minimum Gasteiger partial charge on any atom is -0.493 e. The van der Waals surface area contributed by atoms with Gasteiger partial charge in [-0.25, -0.2) is 0 Å². The molecule has 0 unspecified atom stereocenters. The molecule has 0 heterocycles. The van der Waals surface area contributed by atoms with Gasteiger partial charge >= 0.3 is 0 Å². The van der Waals surface area contributed by atoms with E-state index in [9.17, 15) is 4.79 Å². The molecule has 7 heteroatoms. The molecule has 1 N–H and O–H groups in total. The van der Waals surface area contributed by atoms with E-state index in [0.29, 0.717) is 22.2 Å². The molecule has 0 aliphatic heterocycles. The highest BCUT2D eigenvalue weighted by atomic mass is 35.5. The van der Waals surface area contributed by atoms with Crippen LogP contribution in [0.5, 0.6) is 11.5 Å². The molecule has 138 valence electrons. The largest absolute Gasteiger partial charge is 0.493 e. The maximum atomic E-state index is 12.0. The first-order valence-electron chi connectivity index (χ1n) is 7.88. The van der Waals surface area contributed by atoms with Gasteiger partial charge in [0.15, 0.2) is 18.1 Å². The Morgan fingerprint density at radius 3 is 2.54 bits per heavy atom. The summed E-state index contributed by atoms with van der Waals surface area (Å²) in [5.74, 6) is 0.859. The first-order chi connectivity index (χ1) is 12.4. The van der Waals surface area contributed by atoms with Crippen LogP contribution in [0, 0.1) is 13.8 Å². The van der Waals surface area contributed by atoms with Gasteiger partial charge in [0.05, 0.1) is 31.1 Å². The number of carbonyl (C=O) groups is 1. The molecule has 0 aliphatic carbocycles. The van der Waals surface area contributed by atoms with Crippen LogP contribution in [0.25, 0.3) is 0 Å². The van der Waals surface area contributed by atoms with Crippen molar-refractivity contribution in [3.8, 4) is 11.5 Å². The Balaban J connectivity index is 1.91. The molecule has 0 saturated carbocycles. The number of amides is 1. The normalized spacial score (nSPS) is 10.7. The zero-order chi connectivity index (χ0) is 19.1. The highest BCUT2D eigenvalue weighted by molar-refractivity contribution is 6.34. The first kappa shape index (κ1) is 19.6. The Labute approximate surface area is 157 Å². The molecule has 0 aromatic heterocycles. The number of methoxy groups -OCH3 is 2. The number of benzene rings is 2. The third-order valence-corrected chi connectivity index (χ3v) is 3.87. The summed E-state index contributed by atoms with van der Waals surface area (Å²) in [4.78, 5) is 17.0. The molecular formula is C19H21ClN2O4. The second-order valence-corrected chi connectivity index (χ2v) is 6.02. The van der Waals surface area contributed by atoms with E-state index in [1.807, 2.05) is 19.9 Å². The quantitative estimate of drug-likeness (QED) is 0.586. The smallest absolute Gasteiger partial charge is 0.265 e. The fourth-order valence-corrected chi connectivity index (χ4v) is 2.75. The zero-order valence-electron chi connectivity index (χ0n) is 15.1. The lowest BCUT2D eigenvalue weighted by Gasteiger charge is -2.11. The number of ether oxygens (including phenoxy) is 2. The summed E-state index contributed by atoms with van der Waals surface area (Å²) >= 11 is 6.17. The highest BCUT2D eigenvalue weighted by Crippen LogP contribution is 2.28. The van der Waals surface area contributed by atoms with Gasteiger partial charge in [-0.05, 0) is 49.2 Å². The van der Waals surface area contributed by atoms with Crippen LogP contribution in [0.1, 0.15) is 16.7 Å². The number of rotatable bonds is 7. The van der Waals surface area contributed by atoms with Crippen molar-refractivity contribution < 1.29 is 19.1 Å². The molecule has 0 atom stereocenters. The average molecular weight is 377 g/mol. The molecule has 0 spiro atoms. The summed E-state index contributed by atoms with van der Waals surface area (Å²) in [6, 6.07) is 9.04. The fraction of sp³-hybridized carbons (Fsp3) is 0.263. The van der Waals surface area contributed by atoms with Gasteiger partial charge in [0.2, 0.25) is 0 Å². The summed E-state index contributed by atoms with van der Waals surface area (Å²) in [6.45, 7) is 3.59. The second-order valence-electron chi connectivity index (χ2n) is 5.61. The summed E-state index contributed by atoms with van der Waals surface area (Å²) in [6.07, 6.45) is 1.49. The van der Waals surface area contributed by atoms with E-state index in [1.54, 1.807) is 38.5 Å². The molecule has 2 aromatic carbocycles. The van der Waals surface area contributed by atoms with Crippen LogP contribution in [0.2, 0.25) is 5.02 Å². The van der Waals surface area contributed by atoms with Crippen molar-refractivity contribution >= 4 is 29.4 Å². The molecular weight excluding hydrogens is 356 g/mol. The van der Waals surface area contributed by atoms with Gasteiger partial charge in [-0.15, -0.1) is 0 Å². The number of nitrogens with zero attached hydrogens (tertiary/aromatic N) is 1. The van der Waals surface area contributed by atoms with Crippen LogP contribution >= 0.6 is 11.6 Å². The van der Waals surface area contributed by atoms with Gasteiger partial charge in [-0.1, -0.05) is 22.8 Å². The van der Waals surface area contributed by atoms with E-state index in [2.05, 4.69) is 10.5 Å². The van der Waals surface area contributed by atoms with Crippen LogP contribution < -0.4 is 14.8 Å². The number of anilines is 1. The maximum Gasteiger partial charge on any atom is 0.265 e. The lowest BCUT2D eigenvalue weighted by atomic mass is 10.1. The van der Waals surface area contributed by atoms with Gasteiger partial charge in [0.1, 0.15) is 0 Å². The molecule has 1 amide bonds. The van der Waals surface area contributed by atoms with E-state index in [-0.39, 0.29) is 12.5 Å². The number of hydrogen-bond acceptors (Lipinski definition) is 5. The molecule has 0 bridgehead atoms. The molecule has 0 radical (unpaired) electrons. The number of nitrogens with one attached hydrogen (secondary N) is 1. The van der Waals surface area contributed by atoms with E-state index in [1.165, 1.54) is 6.21 Å². The number of carbonyl (C=O) groups excluding carboxylic acids is 1. The van der Waals surface area contributed by atoms with Gasteiger partial charge in [0.25, 0.3) is 5.91 Å². The molecule has 0 fully saturated rings. The van der Waals surface area contributed by atoms with Crippen molar-refractivity contribution in [2.45, 2.75) is 13.8 Å². The van der Waals surface area contributed by atoms with E-state index in [4.69, 9.17) is 25.9 Å². The molecule has 2 rings (SSSR count). The Morgan fingerprint density at radius 1 is 1.15 bits per heavy atom. The summed E-state index contributed by atoms with van der Waals surface area (Å²) in [7, 11) is 3.12. The Morgan fingerprint density at radius 2 is 1.88 bits per heavy atom. The Hall–Kier alpha value is -2.73. The van der Waals surface area contributed by atoms with Crippen molar-refractivity contribution in [1.82, 2.24) is 0 Å². The van der Waals surface area contributed by atoms with Crippen molar-refractivity contribution in [2.24, 2.45) is 5.16 Å². The second kappa shape index (κ2) is 9.10. The van der Waals surface area contributed by atoms with Crippen molar-refractivity contribution in [2.75, 3.05) is 26.1 Å². The van der Waals surface area contributed by atoms with Gasteiger partial charge in [-0.3, -0.25) is 4.79 Å². The van der Waals surface area contributed by atoms with Crippen LogP contribution in [-0.2, 0) is 9.63 Å². The fourth-order valence-electron chi connectivity index (χ4n) is 2.38. The van der Waals surface area contributed by atoms with Crippen LogP contribution in [0.15, 0.2) is 35.5 Å². The van der Waals surface area contributed by atoms with Gasteiger partial charge < -0.3 is 19.6 Å². The molecule has 6 nitrogen and oxygen atoms in total. The summed E-state index contributed by atoms with van der Waals surface area (Å²) in [5.41, 5.74) is 3.24. The standard InChI is InChI=1S/C19H21ClN2O4/c1-12-7-13(2)19(15(20)8-12)22-18(23)11-26-21-10-14-5-6-16(24-3)17(9-14)25-4/h5-10H,11H2,1-4H3,(H,22,23)/b21-10+. The number of halogens is 1. The van der Waals surface area contributed by atoms with Gasteiger partial charge in [0, 0.05) is 5.56 Å². The minimum atomic E-state index is -0.344. The lowest BCUT2D eigenvalue weighted by molar-refractivity contribution is -0.120. The monoisotopic (exact) mass is 376 g/mol. The van der Waals surface area contributed by atoms with Crippen LogP contribution in [0.3, 0.4) is 0 Å². The van der Waals surface area contributed by atoms with Crippen LogP contribution in [-0.4, -0.2) is 32.9 Å². The van der Waals surface area contributed by atoms with E-state index in [0.717, 1.165) is 16.7 Å². The maximum absolute atomic E-state index is 12.0. The van der Waals surface area contributed by atoms with Crippen molar-refractivity contribution in [3.05, 3.63) is 52.0 Å². The molecule has 0 aliphatic rings. The Bertz CT molecular complexity index is 798. The summed E-state index contributed by atoms with van der Waals surface area (Å²) < 4.78 is 10.4. The number of aryl methyl sites for hydroxylation is 2. The number of oxime groups is 1. The van der Waals surface area contributed by atoms with Crippen molar-refractivity contribution in [3.63, 3.8) is 0 Å². The summed E-state index contributed by atoms with van der Waals surface area (Å²) in [5, 5.41) is 7.02. The highest BCUT2D eigenvalue weighted by Gasteiger charge is 2.10. The Kier molecular flexibility index (Phi) is 6.86. The van der Waals surface area contributed by atoms with E-state index < -0.39 is 0 Å². The topological polar surface area (TPSA) is 69.2 Å². The third kappa shape index (κ3) is 5.13.